The van der Waals surface area contributed by atoms with Crippen molar-refractivity contribution < 1.29 is 9.53 Å². The predicted octanol–water partition coefficient (Wildman–Crippen LogP) is 2.43. The quantitative estimate of drug-likeness (QED) is 0.925. The maximum atomic E-state index is 11.4. The Morgan fingerprint density at radius 2 is 1.80 bits per heavy atom. The molecule has 0 spiro atoms. The van der Waals surface area contributed by atoms with Crippen molar-refractivity contribution in [3.8, 4) is 5.75 Å². The maximum absolute atomic E-state index is 11.4. The molecule has 0 aromatic heterocycles. The molecule has 0 fully saturated rings. The second-order valence-corrected chi connectivity index (χ2v) is 5.15. The van der Waals surface area contributed by atoms with Gasteiger partial charge in [-0.25, -0.2) is 0 Å². The first kappa shape index (κ1) is 12.9. The van der Waals surface area contributed by atoms with Crippen LogP contribution in [0.5, 0.6) is 5.75 Å². The van der Waals surface area contributed by atoms with Gasteiger partial charge in [0.1, 0.15) is 18.1 Å². The number of ketones is 1. The normalized spacial score (nSPS) is 14.9. The van der Waals surface area contributed by atoms with E-state index in [1.807, 2.05) is 48.5 Å². The van der Waals surface area contributed by atoms with E-state index >= 15 is 0 Å². The van der Waals surface area contributed by atoms with Crippen molar-refractivity contribution in [1.29, 1.82) is 0 Å². The number of fused-ring (bicyclic) bond motifs is 1. The van der Waals surface area contributed by atoms with E-state index in [-0.39, 0.29) is 11.8 Å². The molecule has 0 aliphatic heterocycles. The van der Waals surface area contributed by atoms with Crippen molar-refractivity contribution in [3.05, 3.63) is 65.2 Å². The average molecular weight is 267 g/mol. The Morgan fingerprint density at radius 3 is 2.60 bits per heavy atom. The average Bonchev–Trinajstić information content (AvgIpc) is 2.85. The molecular weight excluding hydrogens is 250 g/mol. The largest absolute Gasteiger partial charge is 0.492 e. The summed E-state index contributed by atoms with van der Waals surface area (Å²) in [5.74, 6) is 1.06. The van der Waals surface area contributed by atoms with Gasteiger partial charge in [-0.3, -0.25) is 4.79 Å². The summed E-state index contributed by atoms with van der Waals surface area (Å²) in [7, 11) is 0. The van der Waals surface area contributed by atoms with E-state index in [9.17, 15) is 4.79 Å². The first-order valence-electron chi connectivity index (χ1n) is 6.79. The number of carbonyl (C=O) groups excluding carboxylic acids is 1. The van der Waals surface area contributed by atoms with Crippen molar-refractivity contribution in [2.45, 2.75) is 18.9 Å². The molecule has 1 aliphatic rings. The van der Waals surface area contributed by atoms with Gasteiger partial charge in [0.25, 0.3) is 0 Å². The Bertz CT molecular complexity index is 622. The van der Waals surface area contributed by atoms with Crippen LogP contribution in [0.2, 0.25) is 0 Å². The summed E-state index contributed by atoms with van der Waals surface area (Å²) in [6, 6.07) is 15.6. The molecule has 0 unspecified atom stereocenters. The fourth-order valence-corrected chi connectivity index (χ4v) is 2.50. The van der Waals surface area contributed by atoms with Crippen LogP contribution in [0.25, 0.3) is 0 Å². The van der Waals surface area contributed by atoms with E-state index in [0.717, 1.165) is 22.4 Å². The van der Waals surface area contributed by atoms with E-state index in [1.165, 1.54) is 0 Å². The van der Waals surface area contributed by atoms with Gasteiger partial charge in [-0.1, -0.05) is 36.4 Å². The summed E-state index contributed by atoms with van der Waals surface area (Å²) in [5.41, 5.74) is 9.36. The van der Waals surface area contributed by atoms with Gasteiger partial charge in [-0.15, -0.1) is 0 Å². The molecule has 2 aromatic carbocycles. The minimum Gasteiger partial charge on any atom is -0.492 e. The van der Waals surface area contributed by atoms with Crippen LogP contribution in [0.1, 0.15) is 22.7 Å². The molecule has 0 saturated heterocycles. The lowest BCUT2D eigenvalue weighted by molar-refractivity contribution is -0.117. The first-order valence-corrected chi connectivity index (χ1v) is 6.79. The second-order valence-electron chi connectivity index (χ2n) is 5.15. The van der Waals surface area contributed by atoms with Gasteiger partial charge in [0.15, 0.2) is 0 Å². The molecule has 102 valence electrons. The first-order chi connectivity index (χ1) is 9.72. The molecule has 3 nitrogen and oxygen atoms in total. The number of benzene rings is 2. The maximum Gasteiger partial charge on any atom is 0.141 e. The highest BCUT2D eigenvalue weighted by molar-refractivity contribution is 5.88. The zero-order valence-electron chi connectivity index (χ0n) is 11.2. The summed E-state index contributed by atoms with van der Waals surface area (Å²) >= 11 is 0. The molecule has 0 amide bonds. The Balaban J connectivity index is 1.65. The Kier molecular flexibility index (Phi) is 3.52. The minimum absolute atomic E-state index is 0.147. The molecule has 0 bridgehead atoms. The van der Waals surface area contributed by atoms with Gasteiger partial charge in [-0.2, -0.15) is 0 Å². The molecule has 3 heteroatoms. The van der Waals surface area contributed by atoms with Crippen molar-refractivity contribution >= 4 is 5.78 Å². The lowest BCUT2D eigenvalue weighted by Gasteiger charge is -2.14. The Labute approximate surface area is 118 Å². The third-order valence-corrected chi connectivity index (χ3v) is 3.61. The molecule has 1 atom stereocenters. The zero-order chi connectivity index (χ0) is 13.9. The smallest absolute Gasteiger partial charge is 0.141 e. The van der Waals surface area contributed by atoms with Crippen LogP contribution in [0.3, 0.4) is 0 Å². The van der Waals surface area contributed by atoms with Crippen molar-refractivity contribution in [1.82, 2.24) is 0 Å². The van der Waals surface area contributed by atoms with Crippen LogP contribution in [-0.4, -0.2) is 12.4 Å². The molecule has 3 rings (SSSR count). The lowest BCUT2D eigenvalue weighted by Crippen LogP contribution is -2.18. The van der Waals surface area contributed by atoms with Crippen molar-refractivity contribution in [2.75, 3.05) is 6.61 Å². The number of hydrogen-bond acceptors (Lipinski definition) is 3. The van der Waals surface area contributed by atoms with Gasteiger partial charge >= 0.3 is 0 Å². The van der Waals surface area contributed by atoms with Crippen LogP contribution in [-0.2, 0) is 17.6 Å². The summed E-state index contributed by atoms with van der Waals surface area (Å²) in [4.78, 5) is 11.4. The number of carbonyl (C=O) groups is 1. The van der Waals surface area contributed by atoms with Crippen molar-refractivity contribution in [2.24, 2.45) is 5.73 Å². The van der Waals surface area contributed by atoms with Crippen LogP contribution < -0.4 is 10.5 Å². The van der Waals surface area contributed by atoms with Gasteiger partial charge in [0.05, 0.1) is 6.04 Å². The number of ether oxygens (including phenoxy) is 1. The third kappa shape index (κ3) is 2.73. The standard InChI is InChI=1S/C17H17NO2/c18-17(12-4-2-1-3-5-12)11-20-16-7-6-13-8-15(19)9-14(13)10-16/h1-7,10,17H,8-9,11,18H2/t17-/m0/s1. The van der Waals surface area contributed by atoms with E-state index < -0.39 is 0 Å². The van der Waals surface area contributed by atoms with Crippen LogP contribution in [0, 0.1) is 0 Å². The van der Waals surface area contributed by atoms with E-state index in [2.05, 4.69) is 0 Å². The minimum atomic E-state index is -0.147. The van der Waals surface area contributed by atoms with Crippen LogP contribution in [0.15, 0.2) is 48.5 Å². The number of Topliss-reactive ketones (excluding diaryl/α,β-unsaturated/α-hetero) is 1. The van der Waals surface area contributed by atoms with Crippen LogP contribution >= 0.6 is 0 Å². The van der Waals surface area contributed by atoms with Gasteiger partial charge in [0.2, 0.25) is 0 Å². The molecule has 0 radical (unpaired) electrons. The summed E-state index contributed by atoms with van der Waals surface area (Å²) < 4.78 is 5.75. The topological polar surface area (TPSA) is 52.3 Å². The monoisotopic (exact) mass is 267 g/mol. The highest BCUT2D eigenvalue weighted by Gasteiger charge is 2.18. The molecule has 0 heterocycles. The zero-order valence-corrected chi connectivity index (χ0v) is 11.2. The Morgan fingerprint density at radius 1 is 1.05 bits per heavy atom. The van der Waals surface area contributed by atoms with E-state index in [1.54, 1.807) is 0 Å². The molecule has 2 N–H and O–H groups in total. The van der Waals surface area contributed by atoms with Gasteiger partial charge in [0, 0.05) is 12.8 Å². The predicted molar refractivity (Wildman–Crippen MR) is 77.7 cm³/mol. The molecule has 0 saturated carbocycles. The molecule has 2 aromatic rings. The number of rotatable bonds is 4. The Hall–Kier alpha value is -2.13. The molecule has 1 aliphatic carbocycles. The highest BCUT2D eigenvalue weighted by atomic mass is 16.5. The summed E-state index contributed by atoms with van der Waals surface area (Å²) in [5, 5.41) is 0. The summed E-state index contributed by atoms with van der Waals surface area (Å²) in [6.45, 7) is 0.427. The lowest BCUT2D eigenvalue weighted by atomic mass is 10.1. The second kappa shape index (κ2) is 5.47. The molecular formula is C17H17NO2. The fourth-order valence-electron chi connectivity index (χ4n) is 2.50. The number of nitrogens with two attached hydrogens (primary N) is 1. The third-order valence-electron chi connectivity index (χ3n) is 3.61. The fraction of sp³-hybridized carbons (Fsp3) is 0.235. The van der Waals surface area contributed by atoms with Crippen LogP contribution in [0.4, 0.5) is 0 Å². The highest BCUT2D eigenvalue weighted by Crippen LogP contribution is 2.25. The number of hydrogen-bond donors (Lipinski definition) is 1. The van der Waals surface area contributed by atoms with E-state index in [0.29, 0.717) is 19.4 Å². The van der Waals surface area contributed by atoms with Crippen molar-refractivity contribution in [3.63, 3.8) is 0 Å². The van der Waals surface area contributed by atoms with E-state index in [4.69, 9.17) is 10.5 Å². The SMILES string of the molecule is N[C@@H](COc1ccc2c(c1)CC(=O)C2)c1ccccc1. The van der Waals surface area contributed by atoms with Gasteiger partial charge in [-0.05, 0) is 28.8 Å². The summed E-state index contributed by atoms with van der Waals surface area (Å²) in [6.07, 6.45) is 1.08. The van der Waals surface area contributed by atoms with Gasteiger partial charge < -0.3 is 10.5 Å². The molecule has 20 heavy (non-hydrogen) atoms.